The lowest BCUT2D eigenvalue weighted by molar-refractivity contribution is -0.870. The fourth-order valence-electron chi connectivity index (χ4n) is 3.49. The Kier molecular flexibility index (Phi) is 23.7. The molecule has 2 N–H and O–H groups in total. The van der Waals surface area contributed by atoms with E-state index in [1.807, 2.05) is 0 Å². The van der Waals surface area contributed by atoms with Crippen molar-refractivity contribution < 1.29 is 19.5 Å². The first kappa shape index (κ1) is 29.4. The minimum Gasteiger partial charge on any atom is -0.450 e. The summed E-state index contributed by atoms with van der Waals surface area (Å²) in [5.41, 5.74) is 0. The number of nitrogens with zero attached hydrogens (tertiary/aromatic N) is 1. The van der Waals surface area contributed by atoms with Crippen LogP contribution in [0.4, 0.5) is 4.79 Å². The lowest BCUT2D eigenvalue weighted by atomic mass is 10.0. The zero-order valence-corrected chi connectivity index (χ0v) is 19.7. The van der Waals surface area contributed by atoms with Gasteiger partial charge in [0.15, 0.2) is 0 Å². The Morgan fingerprint density at radius 1 is 0.536 bits per heavy atom. The van der Waals surface area contributed by atoms with Gasteiger partial charge in [-0.05, 0) is 12.8 Å². The molecule has 0 heterocycles. The van der Waals surface area contributed by atoms with Crippen molar-refractivity contribution in [2.24, 2.45) is 0 Å². The average Bonchev–Trinajstić information content (AvgIpc) is 2.59. The van der Waals surface area contributed by atoms with Crippen molar-refractivity contribution in [2.45, 2.75) is 122 Å². The van der Waals surface area contributed by atoms with Gasteiger partial charge in [0.2, 0.25) is 0 Å². The van der Waals surface area contributed by atoms with Gasteiger partial charge in [0.05, 0.1) is 27.7 Å². The maximum Gasteiger partial charge on any atom is 0.503 e. The molecular formula is C24H52NO3+. The number of carbonyl (C=O) groups is 1. The highest BCUT2D eigenvalue weighted by Gasteiger charge is 2.04. The zero-order chi connectivity index (χ0) is 21.5. The Morgan fingerprint density at radius 2 is 0.750 bits per heavy atom. The Labute approximate surface area is 176 Å². The molecular weight excluding hydrogens is 350 g/mol. The number of unbranched alkanes of at least 4 members (excludes halogenated alkanes) is 17. The van der Waals surface area contributed by atoms with Crippen LogP contribution in [0, 0.1) is 0 Å². The quantitative estimate of drug-likeness (QED) is 0.170. The number of quaternary nitrogens is 1. The van der Waals surface area contributed by atoms with Crippen LogP contribution in [0.15, 0.2) is 0 Å². The fraction of sp³-hybridized carbons (Fsp3) is 0.958. The van der Waals surface area contributed by atoms with Gasteiger partial charge in [-0.25, -0.2) is 4.79 Å². The maximum atomic E-state index is 8.56. The van der Waals surface area contributed by atoms with Crippen LogP contribution < -0.4 is 0 Å². The molecule has 28 heavy (non-hydrogen) atoms. The molecule has 4 nitrogen and oxygen atoms in total. The molecule has 4 heteroatoms. The first-order chi connectivity index (χ1) is 13.3. The Bertz CT molecular complexity index is 309. The van der Waals surface area contributed by atoms with E-state index < -0.39 is 6.16 Å². The highest BCUT2D eigenvalue weighted by Crippen LogP contribution is 2.14. The first-order valence-electron chi connectivity index (χ1n) is 12.0. The molecule has 0 bridgehead atoms. The monoisotopic (exact) mass is 402 g/mol. The van der Waals surface area contributed by atoms with Crippen molar-refractivity contribution in [3.63, 3.8) is 0 Å². The predicted octanol–water partition coefficient (Wildman–Crippen LogP) is 7.96. The molecule has 0 aliphatic heterocycles. The van der Waals surface area contributed by atoms with Crippen LogP contribution >= 0.6 is 0 Å². The van der Waals surface area contributed by atoms with E-state index in [4.69, 9.17) is 15.0 Å². The maximum absolute atomic E-state index is 8.56. The minimum atomic E-state index is -1.83. The number of hydrogen-bond acceptors (Lipinski definition) is 1. The molecule has 0 aromatic carbocycles. The third-order valence-electron chi connectivity index (χ3n) is 5.18. The second-order valence-electron chi connectivity index (χ2n) is 9.31. The van der Waals surface area contributed by atoms with Crippen LogP contribution in [0.1, 0.15) is 122 Å². The Hall–Kier alpha value is -0.770. The lowest BCUT2D eigenvalue weighted by Gasteiger charge is -2.23. The normalized spacial score (nSPS) is 11.1. The second kappa shape index (κ2) is 22.5. The SMILES string of the molecule is CCCCCCCCCCCCCCCCCCCC[N+](C)(C)C.O=C(O)O. The summed E-state index contributed by atoms with van der Waals surface area (Å²) in [6.07, 6.45) is 24.5. The van der Waals surface area contributed by atoms with Gasteiger partial charge in [0.1, 0.15) is 0 Å². The van der Waals surface area contributed by atoms with Gasteiger partial charge < -0.3 is 14.7 Å². The smallest absolute Gasteiger partial charge is 0.450 e. The summed E-state index contributed by atoms with van der Waals surface area (Å²) in [7, 11) is 6.90. The molecule has 0 saturated carbocycles. The largest absolute Gasteiger partial charge is 0.503 e. The van der Waals surface area contributed by atoms with Crippen LogP contribution in [-0.4, -0.2) is 48.5 Å². The number of carboxylic acid groups (broad SMARTS) is 2. The summed E-state index contributed by atoms with van der Waals surface area (Å²) >= 11 is 0. The first-order valence-corrected chi connectivity index (χ1v) is 12.0. The van der Waals surface area contributed by atoms with E-state index >= 15 is 0 Å². The van der Waals surface area contributed by atoms with Crippen molar-refractivity contribution >= 4 is 6.16 Å². The molecule has 0 fully saturated rings. The molecule has 0 rings (SSSR count). The third-order valence-corrected chi connectivity index (χ3v) is 5.18. The van der Waals surface area contributed by atoms with E-state index in [2.05, 4.69) is 28.1 Å². The van der Waals surface area contributed by atoms with Crippen LogP contribution in [0.25, 0.3) is 0 Å². The van der Waals surface area contributed by atoms with Crippen molar-refractivity contribution in [3.05, 3.63) is 0 Å². The number of hydrogen-bond donors (Lipinski definition) is 2. The summed E-state index contributed by atoms with van der Waals surface area (Å²) in [6.45, 7) is 3.63. The molecule has 0 radical (unpaired) electrons. The molecule has 170 valence electrons. The molecule has 0 amide bonds. The highest BCUT2D eigenvalue weighted by atomic mass is 16.6. The van der Waals surface area contributed by atoms with E-state index in [9.17, 15) is 0 Å². The van der Waals surface area contributed by atoms with Gasteiger partial charge in [-0.1, -0.05) is 110 Å². The van der Waals surface area contributed by atoms with Crippen LogP contribution in [0.2, 0.25) is 0 Å². The topological polar surface area (TPSA) is 57.5 Å². The van der Waals surface area contributed by atoms with Crippen molar-refractivity contribution in [3.8, 4) is 0 Å². The summed E-state index contributed by atoms with van der Waals surface area (Å²) in [5, 5.41) is 13.9. The van der Waals surface area contributed by atoms with Gasteiger partial charge in [-0.15, -0.1) is 0 Å². The van der Waals surface area contributed by atoms with Crippen LogP contribution in [0.5, 0.6) is 0 Å². The molecule has 0 atom stereocenters. The molecule has 0 spiro atoms. The second-order valence-corrected chi connectivity index (χ2v) is 9.31. The Balaban J connectivity index is 0. The van der Waals surface area contributed by atoms with Crippen LogP contribution in [-0.2, 0) is 0 Å². The minimum absolute atomic E-state index is 1.12. The molecule has 0 aliphatic rings. The summed E-state index contributed by atoms with van der Waals surface area (Å²) < 4.78 is 1.12. The molecule has 0 saturated heterocycles. The Morgan fingerprint density at radius 3 is 0.964 bits per heavy atom. The molecule has 0 aliphatic carbocycles. The van der Waals surface area contributed by atoms with E-state index in [0.29, 0.717) is 0 Å². The highest BCUT2D eigenvalue weighted by molar-refractivity contribution is 5.53. The van der Waals surface area contributed by atoms with E-state index in [-0.39, 0.29) is 0 Å². The number of rotatable bonds is 19. The molecule has 0 aromatic heterocycles. The van der Waals surface area contributed by atoms with Gasteiger partial charge in [0.25, 0.3) is 0 Å². The zero-order valence-electron chi connectivity index (χ0n) is 19.7. The lowest BCUT2D eigenvalue weighted by Crippen LogP contribution is -2.35. The van der Waals surface area contributed by atoms with Gasteiger partial charge in [0, 0.05) is 0 Å². The van der Waals surface area contributed by atoms with Crippen molar-refractivity contribution in [1.29, 1.82) is 0 Å². The average molecular weight is 403 g/mol. The standard InChI is InChI=1S/C23H50N.CH2O3/c1-5-6-7-8-9-10-11-12-13-14-15-16-17-18-19-20-21-22-23-24(2,3)4;2-1(3)4/h5-23H2,1-4H3;(H2,2,3,4)/q+1;. The summed E-state index contributed by atoms with van der Waals surface area (Å²) in [5.74, 6) is 0. The van der Waals surface area contributed by atoms with Gasteiger partial charge in [-0.2, -0.15) is 0 Å². The van der Waals surface area contributed by atoms with E-state index in [0.717, 1.165) is 4.48 Å². The van der Waals surface area contributed by atoms with Gasteiger partial charge in [-0.3, -0.25) is 0 Å². The van der Waals surface area contributed by atoms with E-state index in [1.165, 1.54) is 122 Å². The summed E-state index contributed by atoms with van der Waals surface area (Å²) in [6, 6.07) is 0. The van der Waals surface area contributed by atoms with Crippen LogP contribution in [0.3, 0.4) is 0 Å². The van der Waals surface area contributed by atoms with E-state index in [1.54, 1.807) is 0 Å². The summed E-state index contributed by atoms with van der Waals surface area (Å²) in [4.78, 5) is 8.56. The predicted molar refractivity (Wildman–Crippen MR) is 122 cm³/mol. The van der Waals surface area contributed by atoms with Gasteiger partial charge >= 0.3 is 6.16 Å². The van der Waals surface area contributed by atoms with Crippen molar-refractivity contribution in [1.82, 2.24) is 0 Å². The molecule has 0 unspecified atom stereocenters. The fourth-order valence-corrected chi connectivity index (χ4v) is 3.49. The van der Waals surface area contributed by atoms with Crippen molar-refractivity contribution in [2.75, 3.05) is 27.7 Å². The third kappa shape index (κ3) is 36.2. The molecule has 0 aromatic rings.